The van der Waals surface area contributed by atoms with Gasteiger partial charge in [0.1, 0.15) is 0 Å². The van der Waals surface area contributed by atoms with E-state index in [2.05, 4.69) is 20.9 Å². The zero-order chi connectivity index (χ0) is 13.8. The van der Waals surface area contributed by atoms with E-state index < -0.39 is 5.97 Å². The van der Waals surface area contributed by atoms with Gasteiger partial charge in [0, 0.05) is 30.5 Å². The number of anilines is 1. The van der Waals surface area contributed by atoms with Crippen LogP contribution in [0.15, 0.2) is 47.2 Å². The van der Waals surface area contributed by atoms with E-state index in [1.54, 1.807) is 24.5 Å². The molecule has 0 unspecified atom stereocenters. The summed E-state index contributed by atoms with van der Waals surface area (Å²) in [6, 6.07) is 9.18. The summed E-state index contributed by atoms with van der Waals surface area (Å²) in [7, 11) is 1.87. The van der Waals surface area contributed by atoms with Crippen molar-refractivity contribution in [2.45, 2.75) is 6.54 Å². The highest BCUT2D eigenvalue weighted by Gasteiger charge is 2.16. The van der Waals surface area contributed by atoms with Crippen LogP contribution in [0.25, 0.3) is 0 Å². The summed E-state index contributed by atoms with van der Waals surface area (Å²) >= 11 is 3.28. The molecule has 2 aromatic rings. The molecule has 2 rings (SSSR count). The lowest BCUT2D eigenvalue weighted by atomic mass is 10.1. The van der Waals surface area contributed by atoms with Gasteiger partial charge in [0.15, 0.2) is 0 Å². The van der Waals surface area contributed by atoms with E-state index in [0.29, 0.717) is 16.7 Å². The molecular formula is C14H13BrN2O2. The van der Waals surface area contributed by atoms with Gasteiger partial charge in [-0.25, -0.2) is 4.79 Å². The topological polar surface area (TPSA) is 53.4 Å². The molecule has 0 spiro atoms. The first-order valence-corrected chi connectivity index (χ1v) is 6.50. The van der Waals surface area contributed by atoms with E-state index in [1.807, 2.05) is 30.1 Å². The molecule has 1 heterocycles. The Labute approximate surface area is 119 Å². The van der Waals surface area contributed by atoms with Gasteiger partial charge in [0.25, 0.3) is 0 Å². The van der Waals surface area contributed by atoms with Gasteiger partial charge < -0.3 is 10.0 Å². The predicted molar refractivity (Wildman–Crippen MR) is 77.4 cm³/mol. The van der Waals surface area contributed by atoms with Crippen LogP contribution in [-0.4, -0.2) is 23.1 Å². The van der Waals surface area contributed by atoms with Gasteiger partial charge in [0.05, 0.1) is 11.3 Å². The second kappa shape index (κ2) is 5.84. The van der Waals surface area contributed by atoms with E-state index in [4.69, 9.17) is 0 Å². The summed E-state index contributed by atoms with van der Waals surface area (Å²) in [5.74, 6) is -0.941. The molecule has 0 amide bonds. The minimum absolute atomic E-state index is 0.277. The minimum Gasteiger partial charge on any atom is -0.478 e. The third-order valence-electron chi connectivity index (χ3n) is 2.79. The molecular weight excluding hydrogens is 308 g/mol. The highest BCUT2D eigenvalue weighted by Crippen LogP contribution is 2.28. The fourth-order valence-corrected chi connectivity index (χ4v) is 2.42. The van der Waals surface area contributed by atoms with Gasteiger partial charge in [-0.05, 0) is 45.8 Å². The summed E-state index contributed by atoms with van der Waals surface area (Å²) in [6.45, 7) is 0.624. The van der Waals surface area contributed by atoms with Crippen molar-refractivity contribution in [1.29, 1.82) is 0 Å². The Hall–Kier alpha value is -1.88. The normalized spacial score (nSPS) is 10.2. The molecule has 19 heavy (non-hydrogen) atoms. The van der Waals surface area contributed by atoms with E-state index in [9.17, 15) is 9.90 Å². The lowest BCUT2D eigenvalue weighted by molar-refractivity contribution is 0.0696. The third-order valence-corrected chi connectivity index (χ3v) is 3.45. The highest BCUT2D eigenvalue weighted by atomic mass is 79.9. The molecule has 0 aliphatic carbocycles. The maximum absolute atomic E-state index is 11.3. The Bertz CT molecular complexity index is 587. The van der Waals surface area contributed by atoms with Gasteiger partial charge in [0.2, 0.25) is 0 Å². The molecule has 0 saturated carbocycles. The van der Waals surface area contributed by atoms with Gasteiger partial charge >= 0.3 is 5.97 Å². The number of pyridine rings is 1. The number of carboxylic acid groups (broad SMARTS) is 1. The smallest absolute Gasteiger partial charge is 0.338 e. The molecule has 98 valence electrons. The van der Waals surface area contributed by atoms with Crippen LogP contribution in [-0.2, 0) is 6.54 Å². The molecule has 0 saturated heterocycles. The van der Waals surface area contributed by atoms with Crippen LogP contribution >= 0.6 is 15.9 Å². The predicted octanol–water partition coefficient (Wildman–Crippen LogP) is 3.18. The number of aromatic carboxylic acids is 1. The van der Waals surface area contributed by atoms with Gasteiger partial charge in [-0.3, -0.25) is 4.98 Å². The molecule has 0 atom stereocenters. The fraction of sp³-hybridized carbons (Fsp3) is 0.143. The second-order valence-corrected chi connectivity index (χ2v) is 5.00. The highest BCUT2D eigenvalue weighted by molar-refractivity contribution is 9.10. The quantitative estimate of drug-likeness (QED) is 0.940. The molecule has 1 aromatic heterocycles. The Morgan fingerprint density at radius 1 is 1.32 bits per heavy atom. The van der Waals surface area contributed by atoms with Crippen LogP contribution in [0.2, 0.25) is 0 Å². The average molecular weight is 321 g/mol. The van der Waals surface area contributed by atoms with Gasteiger partial charge in [-0.1, -0.05) is 6.07 Å². The van der Waals surface area contributed by atoms with Crippen molar-refractivity contribution in [2.24, 2.45) is 0 Å². The number of hydrogen-bond acceptors (Lipinski definition) is 3. The summed E-state index contributed by atoms with van der Waals surface area (Å²) in [4.78, 5) is 17.2. The number of aromatic nitrogens is 1. The van der Waals surface area contributed by atoms with Gasteiger partial charge in [-0.2, -0.15) is 0 Å². The fourth-order valence-electron chi connectivity index (χ4n) is 1.89. The van der Waals surface area contributed by atoms with Crippen molar-refractivity contribution in [3.8, 4) is 0 Å². The number of benzene rings is 1. The largest absolute Gasteiger partial charge is 0.478 e. The summed E-state index contributed by atoms with van der Waals surface area (Å²) < 4.78 is 0.582. The molecule has 1 aromatic carbocycles. The van der Waals surface area contributed by atoms with Crippen molar-refractivity contribution >= 4 is 27.6 Å². The summed E-state index contributed by atoms with van der Waals surface area (Å²) in [6.07, 6.45) is 3.45. The standard InChI is InChI=1S/C14H13BrN2O2/c1-17(9-10-5-7-16-8-6-10)12-4-2-3-11(15)13(12)14(18)19/h2-8H,9H2,1H3,(H,18,19). The minimum atomic E-state index is -0.941. The van der Waals surface area contributed by atoms with Crippen molar-refractivity contribution in [3.05, 3.63) is 58.3 Å². The maximum Gasteiger partial charge on any atom is 0.338 e. The average Bonchev–Trinajstić information content (AvgIpc) is 2.39. The first-order valence-electron chi connectivity index (χ1n) is 5.71. The molecule has 0 fully saturated rings. The lowest BCUT2D eigenvalue weighted by Crippen LogP contribution is -2.19. The molecule has 1 N–H and O–H groups in total. The van der Waals surface area contributed by atoms with E-state index >= 15 is 0 Å². The SMILES string of the molecule is CN(Cc1ccncc1)c1cccc(Br)c1C(=O)O. The molecule has 0 aliphatic rings. The van der Waals surface area contributed by atoms with Crippen LogP contribution in [0.3, 0.4) is 0 Å². The Kier molecular flexibility index (Phi) is 4.16. The zero-order valence-corrected chi connectivity index (χ0v) is 12.0. The molecule has 0 bridgehead atoms. The Morgan fingerprint density at radius 3 is 2.63 bits per heavy atom. The van der Waals surface area contributed by atoms with Crippen molar-refractivity contribution in [3.63, 3.8) is 0 Å². The number of rotatable bonds is 4. The lowest BCUT2D eigenvalue weighted by Gasteiger charge is -2.21. The number of carbonyl (C=O) groups is 1. The molecule has 0 aliphatic heterocycles. The number of carboxylic acids is 1. The first kappa shape index (κ1) is 13.5. The molecule has 5 heteroatoms. The van der Waals surface area contributed by atoms with Crippen LogP contribution in [0.4, 0.5) is 5.69 Å². The monoisotopic (exact) mass is 320 g/mol. The number of halogens is 1. The second-order valence-electron chi connectivity index (χ2n) is 4.15. The Balaban J connectivity index is 2.31. The number of hydrogen-bond donors (Lipinski definition) is 1. The van der Waals surface area contributed by atoms with Crippen molar-refractivity contribution in [1.82, 2.24) is 4.98 Å². The number of nitrogens with zero attached hydrogens (tertiary/aromatic N) is 2. The van der Waals surface area contributed by atoms with Crippen molar-refractivity contribution in [2.75, 3.05) is 11.9 Å². The molecule has 0 radical (unpaired) electrons. The maximum atomic E-state index is 11.3. The summed E-state index contributed by atoms with van der Waals surface area (Å²) in [5, 5.41) is 9.29. The Morgan fingerprint density at radius 2 is 2.00 bits per heavy atom. The van der Waals surface area contributed by atoms with E-state index in [1.165, 1.54) is 0 Å². The summed E-state index contributed by atoms with van der Waals surface area (Å²) in [5.41, 5.74) is 2.03. The molecule has 4 nitrogen and oxygen atoms in total. The van der Waals surface area contributed by atoms with Crippen LogP contribution in [0.1, 0.15) is 15.9 Å². The van der Waals surface area contributed by atoms with E-state index in [0.717, 1.165) is 5.56 Å². The zero-order valence-electron chi connectivity index (χ0n) is 10.4. The van der Waals surface area contributed by atoms with Crippen molar-refractivity contribution < 1.29 is 9.90 Å². The van der Waals surface area contributed by atoms with Crippen LogP contribution in [0, 0.1) is 0 Å². The third kappa shape index (κ3) is 3.12. The van der Waals surface area contributed by atoms with Crippen LogP contribution < -0.4 is 4.90 Å². The first-order chi connectivity index (χ1) is 9.09. The van der Waals surface area contributed by atoms with Crippen LogP contribution in [0.5, 0.6) is 0 Å². The van der Waals surface area contributed by atoms with E-state index in [-0.39, 0.29) is 5.56 Å². The van der Waals surface area contributed by atoms with Gasteiger partial charge in [-0.15, -0.1) is 0 Å².